The molecule has 1 saturated carbocycles. The van der Waals surface area contributed by atoms with Crippen molar-refractivity contribution in [2.45, 2.75) is 63.8 Å². The van der Waals surface area contributed by atoms with Crippen molar-refractivity contribution in [2.24, 2.45) is 5.92 Å². The topological polar surface area (TPSA) is 29.1 Å². The minimum absolute atomic E-state index is 0.186. The molecule has 1 heterocycles. The molecule has 2 fully saturated rings. The highest BCUT2D eigenvalue weighted by atomic mass is 16.1. The number of carbonyl (C=O) groups is 1. The van der Waals surface area contributed by atoms with Gasteiger partial charge in [-0.15, -0.1) is 0 Å². The molecule has 0 aromatic rings. The van der Waals surface area contributed by atoms with Crippen molar-refractivity contribution in [3.05, 3.63) is 0 Å². The average molecular weight is 209 g/mol. The first-order valence-corrected chi connectivity index (χ1v) is 6.52. The molecule has 2 rings (SSSR count). The van der Waals surface area contributed by atoms with Gasteiger partial charge in [-0.1, -0.05) is 25.7 Å². The van der Waals surface area contributed by atoms with Crippen LogP contribution in [0.1, 0.15) is 58.3 Å². The Labute approximate surface area is 92.8 Å². The van der Waals surface area contributed by atoms with Gasteiger partial charge in [-0.05, 0) is 39.2 Å². The summed E-state index contributed by atoms with van der Waals surface area (Å²) in [5.41, 5.74) is -0.186. The number of rotatable bonds is 2. The summed E-state index contributed by atoms with van der Waals surface area (Å²) >= 11 is 0. The predicted molar refractivity (Wildman–Crippen MR) is 61.8 cm³/mol. The second kappa shape index (κ2) is 4.65. The Balaban J connectivity index is 1.98. The summed E-state index contributed by atoms with van der Waals surface area (Å²) in [5.74, 6) is 0.852. The van der Waals surface area contributed by atoms with E-state index in [0.717, 1.165) is 32.2 Å². The molecule has 1 unspecified atom stereocenters. The first-order chi connectivity index (χ1) is 7.22. The number of carbonyl (C=O) groups excluding carboxylic acids is 1. The smallest absolute Gasteiger partial charge is 0.155 e. The molecule has 1 aliphatic heterocycles. The molecule has 1 atom stereocenters. The van der Waals surface area contributed by atoms with Crippen LogP contribution in [0.3, 0.4) is 0 Å². The van der Waals surface area contributed by atoms with Crippen molar-refractivity contribution >= 4 is 5.78 Å². The molecular formula is C13H23NO. The first kappa shape index (κ1) is 11.1. The summed E-state index contributed by atoms with van der Waals surface area (Å²) in [6.07, 6.45) is 9.64. The van der Waals surface area contributed by atoms with Gasteiger partial charge >= 0.3 is 0 Å². The van der Waals surface area contributed by atoms with Gasteiger partial charge in [0.05, 0.1) is 5.54 Å². The van der Waals surface area contributed by atoms with Gasteiger partial charge in [-0.25, -0.2) is 0 Å². The van der Waals surface area contributed by atoms with E-state index in [1.807, 2.05) is 0 Å². The van der Waals surface area contributed by atoms with Crippen LogP contribution in [-0.4, -0.2) is 17.9 Å². The Hall–Kier alpha value is -0.370. The van der Waals surface area contributed by atoms with Crippen LogP contribution in [0.25, 0.3) is 0 Å². The largest absolute Gasteiger partial charge is 0.305 e. The lowest BCUT2D eigenvalue weighted by Gasteiger charge is -2.27. The molecule has 0 aromatic carbocycles. The normalized spacial score (nSPS) is 33.9. The number of ketones is 1. The quantitative estimate of drug-likeness (QED) is 0.708. The minimum Gasteiger partial charge on any atom is -0.305 e. The van der Waals surface area contributed by atoms with Crippen molar-refractivity contribution in [2.75, 3.05) is 6.54 Å². The average Bonchev–Trinajstić information content (AvgIpc) is 2.54. The maximum absolute atomic E-state index is 12.4. The van der Waals surface area contributed by atoms with Gasteiger partial charge in [0.25, 0.3) is 0 Å². The molecule has 2 heteroatoms. The Kier molecular flexibility index (Phi) is 3.45. The highest BCUT2D eigenvalue weighted by Gasteiger charge is 2.39. The fourth-order valence-electron chi connectivity index (χ4n) is 3.10. The zero-order chi connectivity index (χ0) is 10.7. The van der Waals surface area contributed by atoms with Crippen LogP contribution < -0.4 is 5.32 Å². The molecule has 2 aliphatic rings. The predicted octanol–water partition coefficient (Wildman–Crippen LogP) is 2.67. The second-order valence-corrected chi connectivity index (χ2v) is 5.42. The van der Waals surface area contributed by atoms with Crippen LogP contribution in [0, 0.1) is 5.92 Å². The first-order valence-electron chi connectivity index (χ1n) is 6.52. The van der Waals surface area contributed by atoms with Gasteiger partial charge in [0.2, 0.25) is 0 Å². The van der Waals surface area contributed by atoms with Crippen molar-refractivity contribution in [3.8, 4) is 0 Å². The lowest BCUT2D eigenvalue weighted by Crippen LogP contribution is -2.47. The molecule has 0 amide bonds. The SMILES string of the molecule is CC1(C(=O)C2CCCCCC2)CCCN1. The fraction of sp³-hybridized carbons (Fsp3) is 0.923. The van der Waals surface area contributed by atoms with Crippen molar-refractivity contribution in [1.29, 1.82) is 0 Å². The summed E-state index contributed by atoms with van der Waals surface area (Å²) in [6.45, 7) is 3.13. The van der Waals surface area contributed by atoms with Crippen LogP contribution in [-0.2, 0) is 4.79 Å². The van der Waals surface area contributed by atoms with E-state index in [0.29, 0.717) is 11.7 Å². The third-order valence-electron chi connectivity index (χ3n) is 4.14. The number of hydrogen-bond acceptors (Lipinski definition) is 2. The van der Waals surface area contributed by atoms with E-state index >= 15 is 0 Å². The van der Waals surface area contributed by atoms with Gasteiger partial charge in [-0.2, -0.15) is 0 Å². The second-order valence-electron chi connectivity index (χ2n) is 5.42. The van der Waals surface area contributed by atoms with E-state index in [9.17, 15) is 4.79 Å². The number of Topliss-reactive ketones (excluding diaryl/α,β-unsaturated/α-hetero) is 1. The van der Waals surface area contributed by atoms with E-state index < -0.39 is 0 Å². The Morgan fingerprint density at radius 3 is 2.33 bits per heavy atom. The maximum Gasteiger partial charge on any atom is 0.155 e. The van der Waals surface area contributed by atoms with Gasteiger partial charge in [-0.3, -0.25) is 4.79 Å². The van der Waals surface area contributed by atoms with E-state index in [1.165, 1.54) is 25.7 Å². The Morgan fingerprint density at radius 2 is 1.80 bits per heavy atom. The Bertz CT molecular complexity index is 223. The van der Waals surface area contributed by atoms with Crippen LogP contribution in [0.5, 0.6) is 0 Å². The summed E-state index contributed by atoms with van der Waals surface area (Å²) in [4.78, 5) is 12.4. The molecule has 0 aromatic heterocycles. The zero-order valence-electron chi connectivity index (χ0n) is 9.85. The molecular weight excluding hydrogens is 186 g/mol. The highest BCUT2D eigenvalue weighted by Crippen LogP contribution is 2.30. The third-order valence-corrected chi connectivity index (χ3v) is 4.14. The summed E-state index contributed by atoms with van der Waals surface area (Å²) in [5, 5.41) is 3.40. The summed E-state index contributed by atoms with van der Waals surface area (Å²) in [6, 6.07) is 0. The van der Waals surface area contributed by atoms with Crippen LogP contribution in [0.4, 0.5) is 0 Å². The number of nitrogens with one attached hydrogen (secondary N) is 1. The van der Waals surface area contributed by atoms with Crippen LogP contribution in [0.2, 0.25) is 0 Å². The molecule has 0 bridgehead atoms. The summed E-state index contributed by atoms with van der Waals surface area (Å²) in [7, 11) is 0. The van der Waals surface area contributed by atoms with E-state index in [4.69, 9.17) is 0 Å². The van der Waals surface area contributed by atoms with E-state index in [1.54, 1.807) is 0 Å². The molecule has 1 aliphatic carbocycles. The molecule has 0 spiro atoms. The molecule has 2 nitrogen and oxygen atoms in total. The van der Waals surface area contributed by atoms with Gasteiger partial charge in [0.1, 0.15) is 0 Å². The molecule has 1 saturated heterocycles. The molecule has 86 valence electrons. The van der Waals surface area contributed by atoms with E-state index in [2.05, 4.69) is 12.2 Å². The van der Waals surface area contributed by atoms with Crippen LogP contribution >= 0.6 is 0 Å². The van der Waals surface area contributed by atoms with Crippen LogP contribution in [0.15, 0.2) is 0 Å². The van der Waals surface area contributed by atoms with Gasteiger partial charge < -0.3 is 5.32 Å². The molecule has 0 radical (unpaired) electrons. The number of hydrogen-bond donors (Lipinski definition) is 1. The maximum atomic E-state index is 12.4. The lowest BCUT2D eigenvalue weighted by molar-refractivity contribution is -0.128. The standard InChI is InChI=1S/C13H23NO/c1-13(9-6-10-14-13)12(15)11-7-4-2-3-5-8-11/h11,14H,2-10H2,1H3. The zero-order valence-corrected chi connectivity index (χ0v) is 9.85. The van der Waals surface area contributed by atoms with Crippen molar-refractivity contribution in [1.82, 2.24) is 5.32 Å². The van der Waals surface area contributed by atoms with Gasteiger partial charge in [0.15, 0.2) is 5.78 Å². The van der Waals surface area contributed by atoms with Gasteiger partial charge in [0, 0.05) is 5.92 Å². The summed E-state index contributed by atoms with van der Waals surface area (Å²) < 4.78 is 0. The molecule has 1 N–H and O–H groups in total. The highest BCUT2D eigenvalue weighted by molar-refractivity contribution is 5.90. The molecule has 15 heavy (non-hydrogen) atoms. The lowest BCUT2D eigenvalue weighted by atomic mass is 9.82. The fourth-order valence-corrected chi connectivity index (χ4v) is 3.10. The third kappa shape index (κ3) is 2.41. The monoisotopic (exact) mass is 209 g/mol. The van der Waals surface area contributed by atoms with Crippen molar-refractivity contribution in [3.63, 3.8) is 0 Å². The minimum atomic E-state index is -0.186. The van der Waals surface area contributed by atoms with E-state index in [-0.39, 0.29) is 5.54 Å². The Morgan fingerprint density at radius 1 is 1.13 bits per heavy atom. The van der Waals surface area contributed by atoms with Crippen molar-refractivity contribution < 1.29 is 4.79 Å².